The Balaban J connectivity index is 0.00000312. The highest BCUT2D eigenvalue weighted by Gasteiger charge is 2.30. The average Bonchev–Trinajstić information content (AvgIpc) is 3.05. The fourth-order valence-electron chi connectivity index (χ4n) is 3.44. The maximum absolute atomic E-state index is 10.5. The van der Waals surface area contributed by atoms with Crippen molar-refractivity contribution in [1.29, 1.82) is 0 Å². The number of nitrogens with one attached hydrogen (secondary N) is 2. The number of aromatic nitrogens is 2. The summed E-state index contributed by atoms with van der Waals surface area (Å²) < 4.78 is 1.94. The average molecular weight is 463 g/mol. The van der Waals surface area contributed by atoms with E-state index in [1.165, 1.54) is 11.3 Å². The molecule has 0 saturated heterocycles. The zero-order valence-corrected chi connectivity index (χ0v) is 18.6. The summed E-state index contributed by atoms with van der Waals surface area (Å²) in [6.07, 6.45) is 4.83. The summed E-state index contributed by atoms with van der Waals surface area (Å²) >= 11 is 0. The van der Waals surface area contributed by atoms with Crippen molar-refractivity contribution in [2.24, 2.45) is 12.0 Å². The second-order valence-corrected chi connectivity index (χ2v) is 7.15. The number of nitrogens with zero attached hydrogens (tertiary/aromatic N) is 3. The van der Waals surface area contributed by atoms with Crippen LogP contribution in [0, 0.1) is 13.8 Å². The normalized spacial score (nSPS) is 17.9. The Bertz CT molecular complexity index is 578. The summed E-state index contributed by atoms with van der Waals surface area (Å²) in [6, 6.07) is 0.239. The van der Waals surface area contributed by atoms with E-state index in [1.807, 2.05) is 11.7 Å². The van der Waals surface area contributed by atoms with Gasteiger partial charge in [0.15, 0.2) is 5.96 Å². The lowest BCUT2D eigenvalue weighted by molar-refractivity contribution is 0.0574. The highest BCUT2D eigenvalue weighted by Crippen LogP contribution is 2.29. The van der Waals surface area contributed by atoms with Gasteiger partial charge in [0, 0.05) is 25.3 Å². The van der Waals surface area contributed by atoms with Crippen LogP contribution in [-0.4, -0.2) is 45.6 Å². The maximum Gasteiger partial charge on any atom is 0.191 e. The highest BCUT2D eigenvalue weighted by molar-refractivity contribution is 14.0. The van der Waals surface area contributed by atoms with Crippen LogP contribution in [0.3, 0.4) is 0 Å². The quantitative estimate of drug-likeness (QED) is 0.344. The lowest BCUT2D eigenvalue weighted by Crippen LogP contribution is -2.44. The van der Waals surface area contributed by atoms with E-state index in [4.69, 9.17) is 0 Å². The predicted molar refractivity (Wildman–Crippen MR) is 114 cm³/mol. The molecule has 1 atom stereocenters. The zero-order chi connectivity index (χ0) is 17.7. The number of aliphatic imine (C=N–C) groups is 1. The van der Waals surface area contributed by atoms with Crippen molar-refractivity contribution in [2.45, 2.75) is 71.4 Å². The molecule has 2 rings (SSSR count). The third kappa shape index (κ3) is 6.13. The topological polar surface area (TPSA) is 74.5 Å². The van der Waals surface area contributed by atoms with Gasteiger partial charge in [-0.05, 0) is 52.5 Å². The van der Waals surface area contributed by atoms with Crippen LogP contribution in [0.1, 0.15) is 56.5 Å². The monoisotopic (exact) mass is 463 g/mol. The van der Waals surface area contributed by atoms with Gasteiger partial charge in [-0.25, -0.2) is 0 Å². The van der Waals surface area contributed by atoms with Crippen molar-refractivity contribution < 1.29 is 5.11 Å². The van der Waals surface area contributed by atoms with E-state index in [1.54, 1.807) is 0 Å². The lowest BCUT2D eigenvalue weighted by atomic mass is 10.0. The molecule has 6 nitrogen and oxygen atoms in total. The van der Waals surface area contributed by atoms with E-state index in [9.17, 15) is 5.11 Å². The molecule has 25 heavy (non-hydrogen) atoms. The summed E-state index contributed by atoms with van der Waals surface area (Å²) in [5.74, 6) is 0.782. The Hall–Kier alpha value is -0.830. The van der Waals surface area contributed by atoms with Crippen LogP contribution in [0.5, 0.6) is 0 Å². The first-order chi connectivity index (χ1) is 11.3. The van der Waals surface area contributed by atoms with Gasteiger partial charge in [-0.3, -0.25) is 9.67 Å². The maximum atomic E-state index is 10.5. The summed E-state index contributed by atoms with van der Waals surface area (Å²) in [4.78, 5) is 4.62. The minimum atomic E-state index is -0.609. The molecule has 0 aliphatic heterocycles. The molecule has 3 N–H and O–H groups in total. The van der Waals surface area contributed by atoms with Gasteiger partial charge < -0.3 is 15.7 Å². The van der Waals surface area contributed by atoms with E-state index in [0.29, 0.717) is 6.54 Å². The first-order valence-electron chi connectivity index (χ1n) is 9.11. The summed E-state index contributed by atoms with van der Waals surface area (Å²) in [5, 5.41) is 21.7. The molecule has 0 radical (unpaired) electrons. The summed E-state index contributed by atoms with van der Waals surface area (Å²) in [6.45, 7) is 9.66. The fourth-order valence-corrected chi connectivity index (χ4v) is 3.44. The number of hydrogen-bond acceptors (Lipinski definition) is 3. The minimum Gasteiger partial charge on any atom is -0.388 e. The Morgan fingerprint density at radius 1 is 1.36 bits per heavy atom. The van der Waals surface area contributed by atoms with Gasteiger partial charge in [-0.15, -0.1) is 24.0 Å². The van der Waals surface area contributed by atoms with Gasteiger partial charge in [0.25, 0.3) is 0 Å². The molecule has 0 aromatic carbocycles. The molecule has 0 amide bonds. The molecule has 0 spiro atoms. The van der Waals surface area contributed by atoms with E-state index < -0.39 is 5.60 Å². The molecule has 1 heterocycles. The van der Waals surface area contributed by atoms with Crippen molar-refractivity contribution in [3.8, 4) is 0 Å². The molecule has 1 aromatic rings. The van der Waals surface area contributed by atoms with E-state index in [0.717, 1.165) is 50.3 Å². The highest BCUT2D eigenvalue weighted by atomic mass is 127. The number of guanidine groups is 1. The number of aliphatic hydroxyl groups is 1. The van der Waals surface area contributed by atoms with E-state index in [-0.39, 0.29) is 30.0 Å². The Labute approximate surface area is 168 Å². The van der Waals surface area contributed by atoms with Crippen molar-refractivity contribution in [3.63, 3.8) is 0 Å². The van der Waals surface area contributed by atoms with Crippen molar-refractivity contribution >= 4 is 29.9 Å². The van der Waals surface area contributed by atoms with Gasteiger partial charge >= 0.3 is 0 Å². The largest absolute Gasteiger partial charge is 0.388 e. The van der Waals surface area contributed by atoms with Gasteiger partial charge in [0.05, 0.1) is 17.8 Å². The second kappa shape index (κ2) is 9.75. The van der Waals surface area contributed by atoms with Crippen molar-refractivity contribution in [2.75, 3.05) is 13.1 Å². The van der Waals surface area contributed by atoms with Crippen LogP contribution in [0.4, 0.5) is 0 Å². The summed E-state index contributed by atoms with van der Waals surface area (Å²) in [5.41, 5.74) is 2.99. The predicted octanol–water partition coefficient (Wildman–Crippen LogP) is 2.45. The molecule has 7 heteroatoms. The van der Waals surface area contributed by atoms with Crippen LogP contribution in [-0.2, 0) is 13.5 Å². The number of aryl methyl sites for hydroxylation is 2. The van der Waals surface area contributed by atoms with Crippen LogP contribution in [0.2, 0.25) is 0 Å². The third-order valence-electron chi connectivity index (χ3n) is 4.96. The molecule has 1 saturated carbocycles. The SMILES string of the molecule is CCNC(=NCC1(O)CCCC1)NC(C)Cc1c(C)nn(C)c1C.I. The van der Waals surface area contributed by atoms with Gasteiger partial charge in [0.1, 0.15) is 0 Å². The second-order valence-electron chi connectivity index (χ2n) is 7.15. The van der Waals surface area contributed by atoms with Crippen LogP contribution in [0.25, 0.3) is 0 Å². The van der Waals surface area contributed by atoms with Gasteiger partial charge in [-0.2, -0.15) is 5.10 Å². The Kier molecular flexibility index (Phi) is 8.67. The standard InChI is InChI=1S/C18H33N5O.HI/c1-6-19-17(20-12-18(24)9-7-8-10-18)21-13(2)11-16-14(3)22-23(5)15(16)4;/h13,24H,6-12H2,1-5H3,(H2,19,20,21);1H. The molecule has 144 valence electrons. The molecular weight excluding hydrogens is 429 g/mol. The zero-order valence-electron chi connectivity index (χ0n) is 16.2. The minimum absolute atomic E-state index is 0. The fraction of sp³-hybridized carbons (Fsp3) is 0.778. The van der Waals surface area contributed by atoms with Crippen LogP contribution in [0.15, 0.2) is 4.99 Å². The molecular formula is C18H34IN5O. The van der Waals surface area contributed by atoms with E-state index in [2.05, 4.69) is 48.4 Å². The smallest absolute Gasteiger partial charge is 0.191 e. The molecule has 0 bridgehead atoms. The van der Waals surface area contributed by atoms with Gasteiger partial charge in [-0.1, -0.05) is 12.8 Å². The third-order valence-corrected chi connectivity index (χ3v) is 4.96. The van der Waals surface area contributed by atoms with Crippen LogP contribution >= 0.6 is 24.0 Å². The number of halogens is 1. The molecule has 1 aromatic heterocycles. The summed E-state index contributed by atoms with van der Waals surface area (Å²) in [7, 11) is 1.98. The first-order valence-corrected chi connectivity index (χ1v) is 9.11. The Morgan fingerprint density at radius 2 is 2.00 bits per heavy atom. The first kappa shape index (κ1) is 22.2. The molecule has 1 unspecified atom stereocenters. The van der Waals surface area contributed by atoms with Crippen molar-refractivity contribution in [1.82, 2.24) is 20.4 Å². The van der Waals surface area contributed by atoms with Crippen molar-refractivity contribution in [3.05, 3.63) is 17.0 Å². The molecule has 1 aliphatic carbocycles. The lowest BCUT2D eigenvalue weighted by Gasteiger charge is -2.22. The van der Waals surface area contributed by atoms with Gasteiger partial charge in [0.2, 0.25) is 0 Å². The Morgan fingerprint density at radius 3 is 2.52 bits per heavy atom. The van der Waals surface area contributed by atoms with Crippen LogP contribution < -0.4 is 10.6 Å². The number of hydrogen-bond donors (Lipinski definition) is 3. The van der Waals surface area contributed by atoms with E-state index >= 15 is 0 Å². The molecule has 1 fully saturated rings. The number of rotatable bonds is 6. The molecule has 1 aliphatic rings.